The lowest BCUT2D eigenvalue weighted by atomic mass is 10.0. The Hall–Kier alpha value is -3.52. The van der Waals surface area contributed by atoms with Gasteiger partial charge >= 0.3 is 5.97 Å². The highest BCUT2D eigenvalue weighted by Crippen LogP contribution is 2.24. The first kappa shape index (κ1) is 21.7. The topological polar surface area (TPSA) is 107 Å². The van der Waals surface area contributed by atoms with Gasteiger partial charge in [0.25, 0.3) is 11.5 Å². The van der Waals surface area contributed by atoms with Crippen molar-refractivity contribution in [3.63, 3.8) is 0 Å². The van der Waals surface area contributed by atoms with Gasteiger partial charge < -0.3 is 15.3 Å². The molecule has 0 radical (unpaired) electrons. The number of aliphatic carboxylic acids is 1. The summed E-state index contributed by atoms with van der Waals surface area (Å²) in [6, 6.07) is 14.7. The zero-order valence-electron chi connectivity index (χ0n) is 17.3. The first-order chi connectivity index (χ1) is 15.4. The summed E-state index contributed by atoms with van der Waals surface area (Å²) >= 11 is 6.15. The molecule has 9 heteroatoms. The van der Waals surface area contributed by atoms with Crippen molar-refractivity contribution in [2.75, 3.05) is 18.0 Å². The van der Waals surface area contributed by atoms with Crippen LogP contribution in [0.15, 0.2) is 59.4 Å². The zero-order chi connectivity index (χ0) is 22.7. The second-order valence-corrected chi connectivity index (χ2v) is 8.11. The summed E-state index contributed by atoms with van der Waals surface area (Å²) in [5, 5.41) is 15.2. The number of carbonyl (C=O) groups excluding carboxylic acids is 1. The smallest absolute Gasteiger partial charge is 0.305 e. The number of para-hydroxylation sites is 1. The maximum atomic E-state index is 12.8. The molecule has 1 atom stereocenters. The summed E-state index contributed by atoms with van der Waals surface area (Å²) in [7, 11) is 0. The molecule has 32 heavy (non-hydrogen) atoms. The van der Waals surface area contributed by atoms with Gasteiger partial charge in [-0.05, 0) is 42.7 Å². The summed E-state index contributed by atoms with van der Waals surface area (Å²) < 4.78 is 1.17. The van der Waals surface area contributed by atoms with Crippen LogP contribution in [-0.2, 0) is 4.79 Å². The van der Waals surface area contributed by atoms with Crippen molar-refractivity contribution in [2.24, 2.45) is 0 Å². The first-order valence-electron chi connectivity index (χ1n) is 10.4. The number of H-pyrrole nitrogens is 1. The van der Waals surface area contributed by atoms with Crippen LogP contribution in [0.2, 0.25) is 5.02 Å². The fourth-order valence-electron chi connectivity index (χ4n) is 3.88. The minimum atomic E-state index is -1.04. The van der Waals surface area contributed by atoms with Crippen LogP contribution in [0.4, 0.5) is 5.69 Å². The summed E-state index contributed by atoms with van der Waals surface area (Å²) in [6.45, 7) is 2.01. The lowest BCUT2D eigenvalue weighted by Gasteiger charge is -2.20. The maximum Gasteiger partial charge on any atom is 0.305 e. The molecule has 4 rings (SSSR count). The van der Waals surface area contributed by atoms with Crippen LogP contribution >= 0.6 is 11.6 Å². The van der Waals surface area contributed by atoms with Crippen molar-refractivity contribution in [1.82, 2.24) is 15.1 Å². The molecule has 1 saturated heterocycles. The van der Waals surface area contributed by atoms with Crippen LogP contribution in [0, 0.1) is 0 Å². The van der Waals surface area contributed by atoms with Gasteiger partial charge in [-0.15, -0.1) is 0 Å². The molecule has 1 aliphatic rings. The third-order valence-electron chi connectivity index (χ3n) is 5.51. The third-order valence-corrected chi connectivity index (χ3v) is 5.83. The summed E-state index contributed by atoms with van der Waals surface area (Å²) in [6.07, 6.45) is 2.03. The van der Waals surface area contributed by atoms with Gasteiger partial charge in [0.2, 0.25) is 0 Å². The minimum absolute atomic E-state index is 0.0130. The van der Waals surface area contributed by atoms with Gasteiger partial charge in [-0.1, -0.05) is 35.9 Å². The van der Waals surface area contributed by atoms with Gasteiger partial charge in [0, 0.05) is 24.8 Å². The molecule has 1 fully saturated rings. The molecule has 0 saturated carbocycles. The molecule has 2 aromatic carbocycles. The maximum absolute atomic E-state index is 12.8. The van der Waals surface area contributed by atoms with Gasteiger partial charge in [-0.2, -0.15) is 0 Å². The van der Waals surface area contributed by atoms with E-state index in [-0.39, 0.29) is 12.1 Å². The standard InChI is InChI=1S/C23H23ClN4O4/c24-17-5-1-2-6-20(17)28-21(29)13-19(26-28)23(32)25-18(14-22(30)31)15-7-9-16(10-8-15)27-11-3-4-12-27/h1-2,5-10,13,18,26H,3-4,11-12,14H2,(H,25,32)(H,30,31). The van der Waals surface area contributed by atoms with Crippen molar-refractivity contribution in [3.8, 4) is 5.69 Å². The highest BCUT2D eigenvalue weighted by Gasteiger charge is 2.22. The number of amides is 1. The molecule has 1 amide bonds. The number of carboxylic acid groups (broad SMARTS) is 1. The molecule has 2 heterocycles. The van der Waals surface area contributed by atoms with Crippen LogP contribution in [-0.4, -0.2) is 39.9 Å². The van der Waals surface area contributed by atoms with E-state index in [0.29, 0.717) is 16.3 Å². The lowest BCUT2D eigenvalue weighted by Crippen LogP contribution is -2.30. The molecule has 3 N–H and O–H groups in total. The van der Waals surface area contributed by atoms with E-state index in [0.717, 1.165) is 37.7 Å². The Morgan fingerprint density at radius 2 is 1.78 bits per heavy atom. The Balaban J connectivity index is 1.55. The highest BCUT2D eigenvalue weighted by atomic mass is 35.5. The largest absolute Gasteiger partial charge is 0.481 e. The van der Waals surface area contributed by atoms with E-state index in [1.54, 1.807) is 24.3 Å². The van der Waals surface area contributed by atoms with Gasteiger partial charge in [0.1, 0.15) is 5.69 Å². The summed E-state index contributed by atoms with van der Waals surface area (Å²) in [5.74, 6) is -1.62. The molecule has 0 aliphatic carbocycles. The number of carbonyl (C=O) groups is 2. The molecule has 8 nitrogen and oxygen atoms in total. The molecular formula is C23H23ClN4O4. The van der Waals surface area contributed by atoms with Crippen LogP contribution in [0.3, 0.4) is 0 Å². The van der Waals surface area contributed by atoms with E-state index in [4.69, 9.17) is 11.6 Å². The van der Waals surface area contributed by atoms with Crippen molar-refractivity contribution >= 4 is 29.2 Å². The minimum Gasteiger partial charge on any atom is -0.481 e. The van der Waals surface area contributed by atoms with Crippen molar-refractivity contribution < 1.29 is 14.7 Å². The zero-order valence-corrected chi connectivity index (χ0v) is 18.0. The second-order valence-electron chi connectivity index (χ2n) is 7.70. The predicted molar refractivity (Wildman–Crippen MR) is 122 cm³/mol. The van der Waals surface area contributed by atoms with E-state index in [2.05, 4.69) is 15.3 Å². The monoisotopic (exact) mass is 454 g/mol. The van der Waals surface area contributed by atoms with E-state index >= 15 is 0 Å². The number of hydrogen-bond donors (Lipinski definition) is 3. The number of anilines is 1. The molecule has 0 bridgehead atoms. The Labute approximate surface area is 189 Å². The van der Waals surface area contributed by atoms with Crippen molar-refractivity contribution in [3.05, 3.63) is 81.2 Å². The summed E-state index contributed by atoms with van der Waals surface area (Å²) in [4.78, 5) is 38.9. The van der Waals surface area contributed by atoms with Crippen LogP contribution in [0.5, 0.6) is 0 Å². The number of carboxylic acids is 1. The number of aromatic amines is 1. The Kier molecular flexibility index (Phi) is 6.32. The molecule has 166 valence electrons. The molecule has 3 aromatic rings. The molecule has 1 aliphatic heterocycles. The van der Waals surface area contributed by atoms with Crippen molar-refractivity contribution in [2.45, 2.75) is 25.3 Å². The molecular weight excluding hydrogens is 432 g/mol. The van der Waals surface area contributed by atoms with E-state index in [9.17, 15) is 19.5 Å². The number of hydrogen-bond acceptors (Lipinski definition) is 4. The molecule has 0 spiro atoms. The Bertz CT molecular complexity index is 1180. The van der Waals surface area contributed by atoms with Gasteiger partial charge in [-0.3, -0.25) is 19.5 Å². The van der Waals surface area contributed by atoms with E-state index in [1.807, 2.05) is 24.3 Å². The number of halogens is 1. The first-order valence-corrected chi connectivity index (χ1v) is 10.7. The van der Waals surface area contributed by atoms with Crippen LogP contribution < -0.4 is 15.8 Å². The second kappa shape index (κ2) is 9.32. The predicted octanol–water partition coefficient (Wildman–Crippen LogP) is 3.37. The van der Waals surface area contributed by atoms with Crippen molar-refractivity contribution in [1.29, 1.82) is 0 Å². The van der Waals surface area contributed by atoms with Gasteiger partial charge in [0.15, 0.2) is 0 Å². The Morgan fingerprint density at radius 3 is 2.44 bits per heavy atom. The molecule has 1 aromatic heterocycles. The fourth-order valence-corrected chi connectivity index (χ4v) is 4.10. The van der Waals surface area contributed by atoms with Gasteiger partial charge in [-0.25, -0.2) is 4.68 Å². The number of benzene rings is 2. The average molecular weight is 455 g/mol. The van der Waals surface area contributed by atoms with Crippen LogP contribution in [0.25, 0.3) is 5.69 Å². The average Bonchev–Trinajstić information content (AvgIpc) is 3.44. The van der Waals surface area contributed by atoms with Crippen LogP contribution in [0.1, 0.15) is 41.4 Å². The summed E-state index contributed by atoms with van der Waals surface area (Å²) in [5.41, 5.74) is 1.73. The number of rotatable bonds is 7. The quantitative estimate of drug-likeness (QED) is 0.507. The number of nitrogens with one attached hydrogen (secondary N) is 2. The van der Waals surface area contributed by atoms with Gasteiger partial charge in [0.05, 0.1) is 23.2 Å². The third kappa shape index (κ3) is 4.70. The van der Waals surface area contributed by atoms with E-state index < -0.39 is 23.5 Å². The number of nitrogens with zero attached hydrogens (tertiary/aromatic N) is 2. The normalized spacial score (nSPS) is 14.3. The lowest BCUT2D eigenvalue weighted by molar-refractivity contribution is -0.137. The SMILES string of the molecule is O=C(O)CC(NC(=O)c1cc(=O)n(-c2ccccc2Cl)[nH]1)c1ccc(N2CCCC2)cc1. The number of aromatic nitrogens is 2. The highest BCUT2D eigenvalue weighted by molar-refractivity contribution is 6.32. The Morgan fingerprint density at radius 1 is 1.09 bits per heavy atom. The van der Waals surface area contributed by atoms with E-state index in [1.165, 1.54) is 4.68 Å². The fraction of sp³-hybridized carbons (Fsp3) is 0.261. The molecule has 1 unspecified atom stereocenters.